The summed E-state index contributed by atoms with van der Waals surface area (Å²) < 4.78 is 0. The Hall–Kier alpha value is -1.58. The average molecular weight is 733 g/mol. The van der Waals surface area contributed by atoms with Gasteiger partial charge in [-0.25, -0.2) is 0 Å². The molecule has 0 aliphatic rings. The third-order valence-corrected chi connectivity index (χ3v) is 10.3. The summed E-state index contributed by atoms with van der Waals surface area (Å²) in [5, 5.41) is 17.1. The highest BCUT2D eigenvalue weighted by atomic mass is 16.4. The molecule has 4 heteroatoms. The second-order valence-corrected chi connectivity index (χ2v) is 15.7. The van der Waals surface area contributed by atoms with E-state index in [1.165, 1.54) is 218 Å². The molecule has 0 fully saturated rings. The van der Waals surface area contributed by atoms with Crippen molar-refractivity contribution in [3.8, 4) is 0 Å². The van der Waals surface area contributed by atoms with Gasteiger partial charge in [-0.1, -0.05) is 218 Å². The lowest BCUT2D eigenvalue weighted by Crippen LogP contribution is -1.93. The van der Waals surface area contributed by atoms with Crippen molar-refractivity contribution in [2.24, 2.45) is 0 Å². The first-order valence-electron chi connectivity index (χ1n) is 23.3. The van der Waals surface area contributed by atoms with Gasteiger partial charge in [0.1, 0.15) is 0 Å². The maximum atomic E-state index is 10.4. The Morgan fingerprint density at radius 3 is 0.654 bits per heavy atom. The van der Waals surface area contributed by atoms with Gasteiger partial charge in [0, 0.05) is 12.8 Å². The van der Waals surface area contributed by atoms with Gasteiger partial charge < -0.3 is 10.2 Å². The zero-order valence-corrected chi connectivity index (χ0v) is 35.3. The number of carboxylic acids is 2. The van der Waals surface area contributed by atoms with Crippen molar-refractivity contribution in [3.05, 3.63) is 24.3 Å². The van der Waals surface area contributed by atoms with Crippen molar-refractivity contribution < 1.29 is 19.8 Å². The normalized spacial score (nSPS) is 11.4. The van der Waals surface area contributed by atoms with Crippen LogP contribution < -0.4 is 0 Å². The molecule has 0 aromatic heterocycles. The molecule has 0 atom stereocenters. The summed E-state index contributed by atoms with van der Waals surface area (Å²) in [5.41, 5.74) is 0. The minimum atomic E-state index is -0.654. The highest BCUT2D eigenvalue weighted by Gasteiger charge is 1.98. The molecule has 308 valence electrons. The minimum Gasteiger partial charge on any atom is -0.481 e. The van der Waals surface area contributed by atoms with Gasteiger partial charge in [-0.3, -0.25) is 9.59 Å². The second kappa shape index (κ2) is 49.4. The van der Waals surface area contributed by atoms with E-state index in [4.69, 9.17) is 10.2 Å². The zero-order chi connectivity index (χ0) is 38.3. The van der Waals surface area contributed by atoms with E-state index >= 15 is 0 Å². The van der Waals surface area contributed by atoms with Crippen LogP contribution in [0.1, 0.15) is 271 Å². The fourth-order valence-electron chi connectivity index (χ4n) is 6.82. The largest absolute Gasteiger partial charge is 0.481 e. The van der Waals surface area contributed by atoms with E-state index in [-0.39, 0.29) is 0 Å². The second-order valence-electron chi connectivity index (χ2n) is 15.7. The maximum Gasteiger partial charge on any atom is 0.303 e. The number of unbranched alkanes of at least 4 members (excludes halogenated alkanes) is 34. The van der Waals surface area contributed by atoms with Crippen LogP contribution in [0.15, 0.2) is 24.3 Å². The fraction of sp³-hybridized carbons (Fsp3) is 0.875. The smallest absolute Gasteiger partial charge is 0.303 e. The molecule has 0 saturated carbocycles. The first kappa shape index (κ1) is 52.5. The van der Waals surface area contributed by atoms with Gasteiger partial charge in [-0.15, -0.1) is 0 Å². The number of allylic oxidation sites excluding steroid dienone is 4. The fourth-order valence-corrected chi connectivity index (χ4v) is 6.82. The topological polar surface area (TPSA) is 74.6 Å². The first-order valence-corrected chi connectivity index (χ1v) is 23.3. The maximum absolute atomic E-state index is 10.4. The summed E-state index contributed by atoms with van der Waals surface area (Å²) in [4.78, 5) is 20.8. The number of hydrogen-bond donors (Lipinski definition) is 2. The standard InChI is InChI=1S/2C24H46O2/c2*1-2-3-4-5-6-7-8-9-10-11-12-13-14-15-16-17-18-19-20-21-22-23-24(25)26/h2*9-10H,2-8,11-23H2,1H3,(H,25,26)/b10-9-;. The van der Waals surface area contributed by atoms with E-state index in [1.807, 2.05) is 0 Å². The zero-order valence-electron chi connectivity index (χ0n) is 35.3. The highest BCUT2D eigenvalue weighted by Crippen LogP contribution is 2.15. The van der Waals surface area contributed by atoms with Crippen molar-refractivity contribution >= 4 is 11.9 Å². The van der Waals surface area contributed by atoms with Crippen LogP contribution in [0, 0.1) is 0 Å². The molecule has 0 saturated heterocycles. The molecule has 0 rings (SSSR count). The Kier molecular flexibility index (Phi) is 49.9. The molecule has 0 aromatic carbocycles. The molecule has 0 aliphatic heterocycles. The number of carboxylic acid groups (broad SMARTS) is 2. The van der Waals surface area contributed by atoms with Crippen LogP contribution in [0.4, 0.5) is 0 Å². The number of rotatable bonds is 42. The Morgan fingerprint density at radius 2 is 0.462 bits per heavy atom. The first-order chi connectivity index (χ1) is 25.5. The van der Waals surface area contributed by atoms with E-state index in [0.717, 1.165) is 25.7 Å². The van der Waals surface area contributed by atoms with Crippen molar-refractivity contribution in [2.75, 3.05) is 0 Å². The molecule has 2 N–H and O–H groups in total. The van der Waals surface area contributed by atoms with Gasteiger partial charge in [0.25, 0.3) is 0 Å². The number of hydrogen-bond acceptors (Lipinski definition) is 2. The van der Waals surface area contributed by atoms with Gasteiger partial charge >= 0.3 is 11.9 Å². The van der Waals surface area contributed by atoms with Gasteiger partial charge in [0.15, 0.2) is 0 Å². The van der Waals surface area contributed by atoms with Crippen LogP contribution in [0.5, 0.6) is 0 Å². The lowest BCUT2D eigenvalue weighted by molar-refractivity contribution is -0.138. The van der Waals surface area contributed by atoms with Crippen molar-refractivity contribution in [1.29, 1.82) is 0 Å². The predicted octanol–water partition coefficient (Wildman–Crippen LogP) is 16.9. The van der Waals surface area contributed by atoms with Crippen LogP contribution in [0.2, 0.25) is 0 Å². The lowest BCUT2D eigenvalue weighted by atomic mass is 10.0. The molecular formula is C48H92O4. The van der Waals surface area contributed by atoms with Gasteiger partial charge in [-0.05, 0) is 64.2 Å². The molecule has 0 aliphatic carbocycles. The van der Waals surface area contributed by atoms with Crippen LogP contribution in [0.25, 0.3) is 0 Å². The van der Waals surface area contributed by atoms with E-state index in [0.29, 0.717) is 12.8 Å². The lowest BCUT2D eigenvalue weighted by Gasteiger charge is -2.02. The molecule has 52 heavy (non-hydrogen) atoms. The Balaban J connectivity index is 0. The number of carbonyl (C=O) groups is 2. The van der Waals surface area contributed by atoms with Crippen LogP contribution in [-0.4, -0.2) is 22.2 Å². The summed E-state index contributed by atoms with van der Waals surface area (Å²) in [6.45, 7) is 4.55. The summed E-state index contributed by atoms with van der Waals surface area (Å²) in [6, 6.07) is 0. The van der Waals surface area contributed by atoms with Crippen molar-refractivity contribution in [3.63, 3.8) is 0 Å². The summed E-state index contributed by atoms with van der Waals surface area (Å²) in [6.07, 6.45) is 60.2. The average Bonchev–Trinajstić information content (AvgIpc) is 3.13. The van der Waals surface area contributed by atoms with Crippen LogP contribution >= 0.6 is 0 Å². The number of aliphatic carboxylic acids is 2. The van der Waals surface area contributed by atoms with Crippen LogP contribution in [0.3, 0.4) is 0 Å². The molecule has 0 radical (unpaired) electrons. The Bertz CT molecular complexity index is 681. The third-order valence-electron chi connectivity index (χ3n) is 10.3. The summed E-state index contributed by atoms with van der Waals surface area (Å²) >= 11 is 0. The third kappa shape index (κ3) is 55.2. The minimum absolute atomic E-state index is 0.342. The molecular weight excluding hydrogens is 641 g/mol. The van der Waals surface area contributed by atoms with Crippen LogP contribution in [-0.2, 0) is 9.59 Å². The molecule has 0 unspecified atom stereocenters. The molecule has 0 amide bonds. The van der Waals surface area contributed by atoms with Gasteiger partial charge in [0.2, 0.25) is 0 Å². The predicted molar refractivity (Wildman–Crippen MR) is 230 cm³/mol. The van der Waals surface area contributed by atoms with E-state index in [2.05, 4.69) is 38.2 Å². The quantitative estimate of drug-likeness (QED) is 0.0484. The molecule has 0 aromatic rings. The van der Waals surface area contributed by atoms with Gasteiger partial charge in [0.05, 0.1) is 0 Å². The molecule has 4 nitrogen and oxygen atoms in total. The van der Waals surface area contributed by atoms with E-state index in [1.54, 1.807) is 0 Å². The summed E-state index contributed by atoms with van der Waals surface area (Å²) in [7, 11) is 0. The molecule has 0 spiro atoms. The summed E-state index contributed by atoms with van der Waals surface area (Å²) in [5.74, 6) is -1.31. The van der Waals surface area contributed by atoms with Gasteiger partial charge in [-0.2, -0.15) is 0 Å². The monoisotopic (exact) mass is 733 g/mol. The van der Waals surface area contributed by atoms with E-state index < -0.39 is 11.9 Å². The van der Waals surface area contributed by atoms with E-state index in [9.17, 15) is 9.59 Å². The van der Waals surface area contributed by atoms with Crippen molar-refractivity contribution in [2.45, 2.75) is 271 Å². The molecule has 0 heterocycles. The SMILES string of the molecule is CCCCCCCC/C=C\CCCCCCCCCCCCCC(=O)O.CCCCCCCCC=CCCCCCCCCCCCCCC(=O)O. The van der Waals surface area contributed by atoms with Crippen molar-refractivity contribution in [1.82, 2.24) is 0 Å². The highest BCUT2D eigenvalue weighted by molar-refractivity contribution is 5.66. The molecule has 0 bridgehead atoms. The Labute approximate surface area is 325 Å². The Morgan fingerprint density at radius 1 is 0.288 bits per heavy atom.